The van der Waals surface area contributed by atoms with Crippen LogP contribution in [0.25, 0.3) is 0 Å². The largest absolute Gasteiger partial charge is 0.399 e. The molecule has 1 unspecified atom stereocenters. The average molecular weight is 433 g/mol. The molecule has 0 spiro atoms. The zero-order valence-electron chi connectivity index (χ0n) is 20.3. The van der Waals surface area contributed by atoms with E-state index in [-0.39, 0.29) is 10.8 Å². The predicted molar refractivity (Wildman–Crippen MR) is 138 cm³/mol. The number of allylic oxidation sites excluding steroid dienone is 3. The molecule has 4 heteroatoms. The molecule has 8 N–H and O–H groups in total. The van der Waals surface area contributed by atoms with Crippen LogP contribution in [0, 0.1) is 5.41 Å². The molecule has 0 radical (unpaired) electrons. The van der Waals surface area contributed by atoms with Crippen LogP contribution in [0.1, 0.15) is 65.0 Å². The molecule has 0 saturated heterocycles. The van der Waals surface area contributed by atoms with Crippen molar-refractivity contribution in [3.63, 3.8) is 0 Å². The Morgan fingerprint density at radius 2 is 1.31 bits per heavy atom. The minimum Gasteiger partial charge on any atom is -0.399 e. The molecule has 0 heterocycles. The Morgan fingerprint density at radius 1 is 0.812 bits per heavy atom. The lowest BCUT2D eigenvalue weighted by molar-refractivity contribution is 0.0750. The van der Waals surface area contributed by atoms with Crippen LogP contribution in [0.15, 0.2) is 72.3 Å². The summed E-state index contributed by atoms with van der Waals surface area (Å²) in [5.74, 6) is 0. The fourth-order valence-corrected chi connectivity index (χ4v) is 5.39. The van der Waals surface area contributed by atoms with Crippen molar-refractivity contribution in [2.75, 3.05) is 11.5 Å². The van der Waals surface area contributed by atoms with Gasteiger partial charge in [0.2, 0.25) is 0 Å². The fraction of sp³-hybridized carbons (Fsp3) is 0.429. The van der Waals surface area contributed by atoms with Gasteiger partial charge in [-0.2, -0.15) is 0 Å². The van der Waals surface area contributed by atoms with Crippen LogP contribution in [0.4, 0.5) is 11.4 Å². The maximum absolute atomic E-state index is 7.01. The van der Waals surface area contributed by atoms with Gasteiger partial charge in [0.05, 0.1) is 5.66 Å². The van der Waals surface area contributed by atoms with Crippen molar-refractivity contribution in [3.05, 3.63) is 83.5 Å². The lowest BCUT2D eigenvalue weighted by Gasteiger charge is -2.56. The van der Waals surface area contributed by atoms with Crippen LogP contribution in [-0.4, -0.2) is 5.66 Å². The van der Waals surface area contributed by atoms with E-state index in [1.165, 1.54) is 16.7 Å². The second-order valence-corrected chi connectivity index (χ2v) is 10.5. The average Bonchev–Trinajstić information content (AvgIpc) is 2.74. The summed E-state index contributed by atoms with van der Waals surface area (Å²) < 4.78 is 0. The van der Waals surface area contributed by atoms with Gasteiger partial charge in [0.1, 0.15) is 0 Å². The molecule has 0 amide bonds. The number of hydrogen-bond acceptors (Lipinski definition) is 4. The van der Waals surface area contributed by atoms with Gasteiger partial charge in [0, 0.05) is 27.6 Å². The van der Waals surface area contributed by atoms with E-state index in [1.54, 1.807) is 0 Å². The standard InChI is InChI=1S/C28H40N4/c1-6-17-28(31,32)27(26(4,5)21-11-15-24(30)16-12-21)18-7-8-22(19-27)25(2,3)20-9-13-23(29)14-10-20/h7-16,18H,6,17,19,29-32H2,1-5H3. The molecule has 2 aromatic rings. The molecule has 3 rings (SSSR count). The van der Waals surface area contributed by atoms with E-state index in [0.717, 1.165) is 30.6 Å². The molecule has 0 aliphatic heterocycles. The zero-order valence-corrected chi connectivity index (χ0v) is 20.3. The molecule has 2 aromatic carbocycles. The first kappa shape index (κ1) is 24.1. The van der Waals surface area contributed by atoms with Crippen molar-refractivity contribution in [2.24, 2.45) is 16.9 Å². The smallest absolute Gasteiger partial charge is 0.0741 e. The molecule has 1 aliphatic carbocycles. The summed E-state index contributed by atoms with van der Waals surface area (Å²) >= 11 is 0. The Balaban J connectivity index is 2.13. The molecular weight excluding hydrogens is 392 g/mol. The number of anilines is 2. The van der Waals surface area contributed by atoms with Gasteiger partial charge < -0.3 is 22.9 Å². The number of rotatable bonds is 7. The highest BCUT2D eigenvalue weighted by atomic mass is 15.0. The van der Waals surface area contributed by atoms with Gasteiger partial charge in [0.25, 0.3) is 0 Å². The number of hydrogen-bond donors (Lipinski definition) is 4. The Hall–Kier alpha value is -2.56. The van der Waals surface area contributed by atoms with Crippen LogP contribution in [0.2, 0.25) is 0 Å². The molecule has 0 fully saturated rings. The van der Waals surface area contributed by atoms with Gasteiger partial charge in [-0.05, 0) is 48.2 Å². The minimum absolute atomic E-state index is 0.191. The highest BCUT2D eigenvalue weighted by Gasteiger charge is 2.56. The molecule has 172 valence electrons. The number of nitrogens with two attached hydrogens (primary N) is 4. The minimum atomic E-state index is -0.889. The van der Waals surface area contributed by atoms with Crippen molar-refractivity contribution in [1.82, 2.24) is 0 Å². The molecule has 0 aromatic heterocycles. The summed E-state index contributed by atoms with van der Waals surface area (Å²) in [7, 11) is 0. The van der Waals surface area contributed by atoms with Crippen LogP contribution < -0.4 is 22.9 Å². The molecule has 4 nitrogen and oxygen atoms in total. The van der Waals surface area contributed by atoms with Gasteiger partial charge in [-0.25, -0.2) is 0 Å². The zero-order chi connectivity index (χ0) is 23.8. The van der Waals surface area contributed by atoms with Crippen molar-refractivity contribution < 1.29 is 0 Å². The van der Waals surface area contributed by atoms with E-state index in [4.69, 9.17) is 22.9 Å². The fourth-order valence-electron chi connectivity index (χ4n) is 5.39. The second-order valence-electron chi connectivity index (χ2n) is 10.5. The first-order valence-corrected chi connectivity index (χ1v) is 11.6. The van der Waals surface area contributed by atoms with Crippen LogP contribution >= 0.6 is 0 Å². The Labute approximate surface area is 193 Å². The summed E-state index contributed by atoms with van der Waals surface area (Å²) in [6, 6.07) is 16.3. The second kappa shape index (κ2) is 8.42. The van der Waals surface area contributed by atoms with E-state index < -0.39 is 11.1 Å². The highest BCUT2D eigenvalue weighted by molar-refractivity contribution is 5.48. The molecule has 1 aliphatic rings. The maximum Gasteiger partial charge on any atom is 0.0741 e. The van der Waals surface area contributed by atoms with Gasteiger partial charge in [-0.1, -0.05) is 89.1 Å². The summed E-state index contributed by atoms with van der Waals surface area (Å²) in [6.45, 7) is 11.2. The van der Waals surface area contributed by atoms with Crippen molar-refractivity contribution in [1.29, 1.82) is 0 Å². The van der Waals surface area contributed by atoms with Crippen molar-refractivity contribution in [3.8, 4) is 0 Å². The lowest BCUT2D eigenvalue weighted by atomic mass is 9.50. The normalized spacial score (nSPS) is 19.7. The van der Waals surface area contributed by atoms with Gasteiger partial charge >= 0.3 is 0 Å². The molecule has 1 atom stereocenters. The van der Waals surface area contributed by atoms with Gasteiger partial charge in [-0.3, -0.25) is 0 Å². The summed E-state index contributed by atoms with van der Waals surface area (Å²) in [6.07, 6.45) is 9.05. The quantitative estimate of drug-likeness (QED) is 0.348. The van der Waals surface area contributed by atoms with E-state index >= 15 is 0 Å². The SMILES string of the molecule is CCCC(N)(N)C1(C(C)(C)c2ccc(N)cc2)C=CC=C(C(C)(C)c2ccc(N)cc2)C1. The van der Waals surface area contributed by atoms with Gasteiger partial charge in [0.15, 0.2) is 0 Å². The topological polar surface area (TPSA) is 104 Å². The number of benzene rings is 2. The third-order valence-corrected chi connectivity index (χ3v) is 7.82. The Morgan fingerprint density at radius 3 is 1.81 bits per heavy atom. The van der Waals surface area contributed by atoms with E-state index in [0.29, 0.717) is 0 Å². The third kappa shape index (κ3) is 3.98. The van der Waals surface area contributed by atoms with Crippen molar-refractivity contribution >= 4 is 11.4 Å². The Kier molecular flexibility index (Phi) is 6.34. The lowest BCUT2D eigenvalue weighted by Crippen LogP contribution is -2.68. The van der Waals surface area contributed by atoms with E-state index in [1.807, 2.05) is 24.3 Å². The maximum atomic E-state index is 7.01. The van der Waals surface area contributed by atoms with Crippen LogP contribution in [-0.2, 0) is 10.8 Å². The first-order valence-electron chi connectivity index (χ1n) is 11.6. The number of nitrogen functional groups attached to an aromatic ring is 2. The molecular formula is C28H40N4. The van der Waals surface area contributed by atoms with Gasteiger partial charge in [-0.15, -0.1) is 0 Å². The molecule has 0 saturated carbocycles. The first-order chi connectivity index (χ1) is 14.9. The van der Waals surface area contributed by atoms with Crippen molar-refractivity contribution in [2.45, 2.75) is 70.4 Å². The summed E-state index contributed by atoms with van der Waals surface area (Å²) in [5.41, 5.74) is 29.3. The highest BCUT2D eigenvalue weighted by Crippen LogP contribution is 2.56. The monoisotopic (exact) mass is 432 g/mol. The Bertz CT molecular complexity index is 995. The summed E-state index contributed by atoms with van der Waals surface area (Å²) in [5, 5.41) is 0. The molecule has 0 bridgehead atoms. The molecule has 32 heavy (non-hydrogen) atoms. The van der Waals surface area contributed by atoms with E-state index in [2.05, 4.69) is 77.1 Å². The predicted octanol–water partition coefficient (Wildman–Crippen LogP) is 5.39. The summed E-state index contributed by atoms with van der Waals surface area (Å²) in [4.78, 5) is 0. The van der Waals surface area contributed by atoms with E-state index in [9.17, 15) is 0 Å². The van der Waals surface area contributed by atoms with Crippen LogP contribution in [0.5, 0.6) is 0 Å². The van der Waals surface area contributed by atoms with Crippen LogP contribution in [0.3, 0.4) is 0 Å². The third-order valence-electron chi connectivity index (χ3n) is 7.82.